The molecular formula is C18H42IN5O2S. The van der Waals surface area contributed by atoms with Gasteiger partial charge in [-0.2, -0.15) is 0 Å². The van der Waals surface area contributed by atoms with Gasteiger partial charge in [-0.3, -0.25) is 9.89 Å². The molecule has 164 valence electrons. The molecule has 0 aromatic heterocycles. The minimum absolute atomic E-state index is 0. The van der Waals surface area contributed by atoms with Gasteiger partial charge in [0.1, 0.15) is 0 Å². The second kappa shape index (κ2) is 15.8. The zero-order chi connectivity index (χ0) is 20.2. The molecule has 0 saturated heterocycles. The van der Waals surface area contributed by atoms with Crippen LogP contribution in [0.4, 0.5) is 0 Å². The molecule has 7 nitrogen and oxygen atoms in total. The van der Waals surface area contributed by atoms with Gasteiger partial charge in [0.15, 0.2) is 5.96 Å². The third-order valence-electron chi connectivity index (χ3n) is 4.27. The van der Waals surface area contributed by atoms with Gasteiger partial charge >= 0.3 is 0 Å². The predicted molar refractivity (Wildman–Crippen MR) is 128 cm³/mol. The molecule has 0 radical (unpaired) electrons. The van der Waals surface area contributed by atoms with Crippen LogP contribution in [0.3, 0.4) is 0 Å². The minimum Gasteiger partial charge on any atom is -0.357 e. The normalized spacial score (nSPS) is 12.8. The Labute approximate surface area is 184 Å². The zero-order valence-corrected chi connectivity index (χ0v) is 21.4. The Morgan fingerprint density at radius 2 is 1.56 bits per heavy atom. The van der Waals surface area contributed by atoms with E-state index < -0.39 is 10.0 Å². The van der Waals surface area contributed by atoms with Gasteiger partial charge in [0.2, 0.25) is 10.0 Å². The summed E-state index contributed by atoms with van der Waals surface area (Å²) in [5.41, 5.74) is 0. The molecule has 9 heteroatoms. The summed E-state index contributed by atoms with van der Waals surface area (Å²) in [5.74, 6) is 0.760. The van der Waals surface area contributed by atoms with Crippen LogP contribution in [0.25, 0.3) is 0 Å². The van der Waals surface area contributed by atoms with Crippen molar-refractivity contribution in [3.63, 3.8) is 0 Å². The van der Waals surface area contributed by atoms with Crippen molar-refractivity contribution in [2.45, 2.75) is 67.0 Å². The quantitative estimate of drug-likeness (QED) is 0.169. The third kappa shape index (κ3) is 12.1. The molecule has 0 unspecified atom stereocenters. The molecule has 0 spiro atoms. The molecule has 0 fully saturated rings. The number of sulfonamides is 1. The number of nitrogens with zero attached hydrogens (tertiary/aromatic N) is 3. The van der Waals surface area contributed by atoms with E-state index in [2.05, 4.69) is 48.2 Å². The summed E-state index contributed by atoms with van der Waals surface area (Å²) in [6.07, 6.45) is 0.977. The molecule has 0 aliphatic carbocycles. The maximum Gasteiger partial charge on any atom is 0.215 e. The van der Waals surface area contributed by atoms with Gasteiger partial charge in [0.05, 0.1) is 5.75 Å². The van der Waals surface area contributed by atoms with Crippen LogP contribution in [0.1, 0.15) is 54.9 Å². The lowest BCUT2D eigenvalue weighted by molar-refractivity contribution is 0.174. The van der Waals surface area contributed by atoms with E-state index in [1.54, 1.807) is 0 Å². The summed E-state index contributed by atoms with van der Waals surface area (Å²) in [6, 6.07) is 1.05. The van der Waals surface area contributed by atoms with Crippen molar-refractivity contribution < 1.29 is 8.42 Å². The molecule has 0 amide bonds. The van der Waals surface area contributed by atoms with Gasteiger partial charge in [-0.05, 0) is 41.0 Å². The molecule has 0 rings (SSSR count). The van der Waals surface area contributed by atoms with Gasteiger partial charge < -0.3 is 10.6 Å². The smallest absolute Gasteiger partial charge is 0.215 e. The fraction of sp³-hybridized carbons (Fsp3) is 0.944. The summed E-state index contributed by atoms with van der Waals surface area (Å²) >= 11 is 0. The Morgan fingerprint density at radius 1 is 1.00 bits per heavy atom. The van der Waals surface area contributed by atoms with Crippen LogP contribution < -0.4 is 10.6 Å². The first kappa shape index (κ1) is 29.1. The number of hydrogen-bond acceptors (Lipinski definition) is 4. The number of aliphatic imine (C=N–C) groups is 1. The van der Waals surface area contributed by atoms with Gasteiger partial charge in [0, 0.05) is 51.4 Å². The van der Waals surface area contributed by atoms with Crippen molar-refractivity contribution in [3.8, 4) is 0 Å². The van der Waals surface area contributed by atoms with Crippen molar-refractivity contribution in [3.05, 3.63) is 0 Å². The van der Waals surface area contributed by atoms with Crippen molar-refractivity contribution in [1.82, 2.24) is 19.8 Å². The minimum atomic E-state index is -3.21. The van der Waals surface area contributed by atoms with E-state index in [0.717, 1.165) is 19.5 Å². The van der Waals surface area contributed by atoms with E-state index in [0.29, 0.717) is 44.2 Å². The van der Waals surface area contributed by atoms with Crippen molar-refractivity contribution in [2.24, 2.45) is 4.99 Å². The molecular weight excluding hydrogens is 477 g/mol. The van der Waals surface area contributed by atoms with E-state index in [1.807, 2.05) is 20.8 Å². The number of hydrogen-bond donors (Lipinski definition) is 2. The van der Waals surface area contributed by atoms with Gasteiger partial charge in [-0.1, -0.05) is 13.8 Å². The van der Waals surface area contributed by atoms with Crippen molar-refractivity contribution >= 4 is 40.0 Å². The lowest BCUT2D eigenvalue weighted by Crippen LogP contribution is -2.42. The second-order valence-electron chi connectivity index (χ2n) is 6.87. The van der Waals surface area contributed by atoms with E-state index in [9.17, 15) is 8.42 Å². The number of rotatable bonds is 13. The SMILES string of the molecule is CCNC(=NCCCN(C(C)C)C(C)C)NCCS(=O)(=O)N(CC)CC.I. The van der Waals surface area contributed by atoms with Crippen LogP contribution >= 0.6 is 24.0 Å². The Kier molecular flexibility index (Phi) is 17.0. The predicted octanol–water partition coefficient (Wildman–Crippen LogP) is 2.34. The molecule has 0 atom stereocenters. The maximum atomic E-state index is 12.2. The first-order valence-corrected chi connectivity index (χ1v) is 11.6. The fourth-order valence-corrected chi connectivity index (χ4v) is 4.35. The average molecular weight is 520 g/mol. The lowest BCUT2D eigenvalue weighted by atomic mass is 10.2. The van der Waals surface area contributed by atoms with Crippen LogP contribution in [0.5, 0.6) is 0 Å². The molecule has 0 heterocycles. The van der Waals surface area contributed by atoms with Gasteiger partial charge in [-0.25, -0.2) is 12.7 Å². The number of halogens is 1. The van der Waals surface area contributed by atoms with E-state index >= 15 is 0 Å². The Bertz CT molecular complexity index is 486. The van der Waals surface area contributed by atoms with Gasteiger partial charge in [0.25, 0.3) is 0 Å². The largest absolute Gasteiger partial charge is 0.357 e. The number of guanidine groups is 1. The lowest BCUT2D eigenvalue weighted by Gasteiger charge is -2.30. The Balaban J connectivity index is 0. The highest BCUT2D eigenvalue weighted by Gasteiger charge is 2.18. The molecule has 2 N–H and O–H groups in total. The highest BCUT2D eigenvalue weighted by Crippen LogP contribution is 2.05. The molecule has 0 bridgehead atoms. The van der Waals surface area contributed by atoms with E-state index in [4.69, 9.17) is 0 Å². The molecule has 0 aliphatic rings. The van der Waals surface area contributed by atoms with Crippen LogP contribution in [0.15, 0.2) is 4.99 Å². The highest BCUT2D eigenvalue weighted by atomic mass is 127. The van der Waals surface area contributed by atoms with Crippen LogP contribution in [0.2, 0.25) is 0 Å². The standard InChI is InChI=1S/C18H41N5O2S.HI/c1-8-19-18(20-12-11-14-23(16(4)5)17(6)7)21-13-15-26(24,25)22(9-2)10-3;/h16-17H,8-15H2,1-7H3,(H2,19,20,21);1H. The average Bonchev–Trinajstić information content (AvgIpc) is 2.54. The summed E-state index contributed by atoms with van der Waals surface area (Å²) in [4.78, 5) is 7.02. The Hall–Kier alpha value is -0.130. The molecule has 0 aromatic carbocycles. The fourth-order valence-electron chi connectivity index (χ4n) is 2.94. The topological polar surface area (TPSA) is 77.0 Å². The summed E-state index contributed by atoms with van der Waals surface area (Å²) in [7, 11) is -3.21. The number of nitrogens with one attached hydrogen (secondary N) is 2. The van der Waals surface area contributed by atoms with Gasteiger partial charge in [-0.15, -0.1) is 24.0 Å². The third-order valence-corrected chi connectivity index (χ3v) is 6.29. The van der Waals surface area contributed by atoms with Crippen LogP contribution in [0, 0.1) is 0 Å². The summed E-state index contributed by atoms with van der Waals surface area (Å²) < 4.78 is 25.9. The highest BCUT2D eigenvalue weighted by molar-refractivity contribution is 14.0. The summed E-state index contributed by atoms with van der Waals surface area (Å²) in [6.45, 7) is 18.4. The molecule has 0 aliphatic heterocycles. The Morgan fingerprint density at radius 3 is 2.00 bits per heavy atom. The van der Waals surface area contributed by atoms with Crippen LogP contribution in [-0.2, 0) is 10.0 Å². The van der Waals surface area contributed by atoms with E-state index in [1.165, 1.54) is 4.31 Å². The first-order valence-electron chi connectivity index (χ1n) is 9.95. The van der Waals surface area contributed by atoms with Crippen molar-refractivity contribution in [1.29, 1.82) is 0 Å². The maximum absolute atomic E-state index is 12.2. The molecule has 27 heavy (non-hydrogen) atoms. The van der Waals surface area contributed by atoms with Crippen LogP contribution in [-0.4, -0.2) is 80.7 Å². The summed E-state index contributed by atoms with van der Waals surface area (Å²) in [5, 5.41) is 6.31. The van der Waals surface area contributed by atoms with E-state index in [-0.39, 0.29) is 29.7 Å². The van der Waals surface area contributed by atoms with Crippen molar-refractivity contribution in [2.75, 3.05) is 45.0 Å². The first-order chi connectivity index (χ1) is 12.2. The monoisotopic (exact) mass is 519 g/mol. The molecule has 0 aromatic rings. The molecule has 0 saturated carbocycles. The zero-order valence-electron chi connectivity index (χ0n) is 18.3. The second-order valence-corrected chi connectivity index (χ2v) is 8.96.